The van der Waals surface area contributed by atoms with Crippen molar-refractivity contribution in [2.75, 3.05) is 20.1 Å². The van der Waals surface area contributed by atoms with E-state index in [2.05, 4.69) is 5.32 Å². The summed E-state index contributed by atoms with van der Waals surface area (Å²) in [6, 6.07) is 11.1. The summed E-state index contributed by atoms with van der Waals surface area (Å²) in [5.74, 6) is -1.60. The molecule has 2 aromatic rings. The van der Waals surface area contributed by atoms with Gasteiger partial charge in [0, 0.05) is 13.6 Å². The zero-order valence-electron chi connectivity index (χ0n) is 18.1. The van der Waals surface area contributed by atoms with Gasteiger partial charge in [-0.2, -0.15) is 0 Å². The molecule has 3 heterocycles. The van der Waals surface area contributed by atoms with Gasteiger partial charge in [-0.1, -0.05) is 30.3 Å². The maximum Gasteiger partial charge on any atom is 0.334 e. The average molecular weight is 455 g/mol. The molecule has 174 valence electrons. The molecule has 0 spiro atoms. The summed E-state index contributed by atoms with van der Waals surface area (Å²) in [4.78, 5) is 53.4. The highest BCUT2D eigenvalue weighted by Crippen LogP contribution is 2.28. The topological polar surface area (TPSA) is 127 Å². The molecule has 2 N–H and O–H groups in total. The Balaban J connectivity index is 1.60. The smallest absolute Gasteiger partial charge is 0.334 e. The van der Waals surface area contributed by atoms with Crippen molar-refractivity contribution in [1.29, 1.82) is 0 Å². The summed E-state index contributed by atoms with van der Waals surface area (Å²) >= 11 is 0. The number of carboxylic acids is 1. The van der Waals surface area contributed by atoms with Crippen molar-refractivity contribution in [3.63, 3.8) is 0 Å². The van der Waals surface area contributed by atoms with Crippen molar-refractivity contribution in [1.82, 2.24) is 25.1 Å². The van der Waals surface area contributed by atoms with E-state index < -0.39 is 42.4 Å². The minimum absolute atomic E-state index is 0.0183. The molecule has 2 atom stereocenters. The lowest BCUT2D eigenvalue weighted by Gasteiger charge is -2.54. The van der Waals surface area contributed by atoms with Crippen LogP contribution in [0.5, 0.6) is 0 Å². The zero-order valence-corrected chi connectivity index (χ0v) is 18.1. The summed E-state index contributed by atoms with van der Waals surface area (Å²) in [5, 5.41) is 15.1. The number of nitrogens with zero attached hydrogens (tertiary/aromatic N) is 4. The van der Waals surface area contributed by atoms with Crippen molar-refractivity contribution in [2.24, 2.45) is 0 Å². The summed E-state index contributed by atoms with van der Waals surface area (Å²) in [7, 11) is 1.61. The Bertz CT molecular complexity index is 1030. The molecule has 33 heavy (non-hydrogen) atoms. The number of hydrogen-bond acceptors (Lipinski definition) is 6. The van der Waals surface area contributed by atoms with Crippen LogP contribution in [0, 0.1) is 0 Å². The number of likely N-dealkylation sites (N-methyl/N-ethyl adjacent to an activating group) is 1. The first kappa shape index (κ1) is 22.3. The van der Waals surface area contributed by atoms with Crippen LogP contribution >= 0.6 is 0 Å². The van der Waals surface area contributed by atoms with Crippen LogP contribution < -0.4 is 5.32 Å². The van der Waals surface area contributed by atoms with Gasteiger partial charge in [0.15, 0.2) is 0 Å². The molecule has 2 aliphatic heterocycles. The van der Waals surface area contributed by atoms with Gasteiger partial charge in [0.25, 0.3) is 0 Å². The van der Waals surface area contributed by atoms with E-state index in [-0.39, 0.29) is 26.2 Å². The number of piperazine rings is 1. The second-order valence-corrected chi connectivity index (χ2v) is 8.00. The number of fused-ring (bicyclic) bond motifs is 1. The normalized spacial score (nSPS) is 21.2. The summed E-state index contributed by atoms with van der Waals surface area (Å²) in [6.07, 6.45) is 0.0642. The minimum Gasteiger partial charge on any atom is -0.481 e. The Morgan fingerprint density at radius 3 is 2.58 bits per heavy atom. The highest BCUT2D eigenvalue weighted by molar-refractivity contribution is 5.93. The van der Waals surface area contributed by atoms with E-state index in [1.54, 1.807) is 19.2 Å². The number of amides is 4. The van der Waals surface area contributed by atoms with Crippen LogP contribution in [0.3, 0.4) is 0 Å². The maximum absolute atomic E-state index is 13.2. The highest BCUT2D eigenvalue weighted by Gasteiger charge is 2.51. The number of aliphatic carboxylic acids is 1. The standard InChI is InChI=1S/C22H25N5O6/c1-24-14-19(28)26-17(10-20(29)30)21(31)25(12-16-8-5-9-33-16)13-18(26)27(24)22(32)23-11-15-6-3-2-4-7-15/h2-9,17-18H,10-14H2,1H3,(H,23,32)(H,29,30)/t17-,18-/m0/s1. The van der Waals surface area contributed by atoms with E-state index >= 15 is 0 Å². The van der Waals surface area contributed by atoms with Gasteiger partial charge in [0.1, 0.15) is 18.0 Å². The summed E-state index contributed by atoms with van der Waals surface area (Å²) in [5.41, 5.74) is 0.903. The minimum atomic E-state index is -1.22. The third-order valence-electron chi connectivity index (χ3n) is 5.73. The molecule has 1 aromatic carbocycles. The average Bonchev–Trinajstić information content (AvgIpc) is 3.28. The van der Waals surface area contributed by atoms with Crippen molar-refractivity contribution in [2.45, 2.75) is 31.7 Å². The second kappa shape index (κ2) is 9.33. The van der Waals surface area contributed by atoms with Gasteiger partial charge >= 0.3 is 12.0 Å². The lowest BCUT2D eigenvalue weighted by Crippen LogP contribution is -2.76. The fourth-order valence-corrected chi connectivity index (χ4v) is 4.26. The number of urea groups is 1. The molecule has 0 bridgehead atoms. The molecule has 11 heteroatoms. The van der Waals surface area contributed by atoms with Gasteiger partial charge in [-0.15, -0.1) is 0 Å². The number of nitrogens with one attached hydrogen (secondary N) is 1. The van der Waals surface area contributed by atoms with E-state index in [4.69, 9.17) is 4.42 Å². The SMILES string of the molecule is CN1CC(=O)N2[C@@H](CC(=O)O)C(=O)N(Cc3ccco3)C[C@@H]2N1C(=O)NCc1ccccc1. The Kier molecular flexibility index (Phi) is 6.31. The van der Waals surface area contributed by atoms with E-state index in [1.165, 1.54) is 26.1 Å². The molecule has 4 rings (SSSR count). The number of benzene rings is 1. The molecule has 4 amide bonds. The molecule has 11 nitrogen and oxygen atoms in total. The molecule has 2 saturated heterocycles. The summed E-state index contributed by atoms with van der Waals surface area (Å²) < 4.78 is 5.35. The van der Waals surface area contributed by atoms with E-state index in [1.807, 2.05) is 30.3 Å². The van der Waals surface area contributed by atoms with Crippen LogP contribution in [0.15, 0.2) is 53.1 Å². The fraction of sp³-hybridized carbons (Fsp3) is 0.364. The third-order valence-corrected chi connectivity index (χ3v) is 5.73. The lowest BCUT2D eigenvalue weighted by molar-refractivity contribution is -0.189. The first-order valence-corrected chi connectivity index (χ1v) is 10.5. The third kappa shape index (κ3) is 4.67. The predicted octanol–water partition coefficient (Wildman–Crippen LogP) is 0.692. The van der Waals surface area contributed by atoms with E-state index in [0.717, 1.165) is 5.56 Å². The van der Waals surface area contributed by atoms with Crippen molar-refractivity contribution >= 4 is 23.8 Å². The summed E-state index contributed by atoms with van der Waals surface area (Å²) in [6.45, 7) is 0.239. The fourth-order valence-electron chi connectivity index (χ4n) is 4.26. The van der Waals surface area contributed by atoms with Gasteiger partial charge in [0.05, 0.1) is 32.3 Å². The van der Waals surface area contributed by atoms with Crippen LogP contribution in [-0.2, 0) is 27.5 Å². The first-order chi connectivity index (χ1) is 15.8. The van der Waals surface area contributed by atoms with Crippen LogP contribution in [0.1, 0.15) is 17.7 Å². The van der Waals surface area contributed by atoms with Crippen LogP contribution in [0.25, 0.3) is 0 Å². The predicted molar refractivity (Wildman–Crippen MR) is 114 cm³/mol. The molecular formula is C22H25N5O6. The Hall–Kier alpha value is -3.86. The Labute approximate surface area is 190 Å². The first-order valence-electron chi connectivity index (χ1n) is 10.5. The zero-order chi connectivity index (χ0) is 23.5. The van der Waals surface area contributed by atoms with Gasteiger partial charge in [-0.05, 0) is 17.7 Å². The molecule has 0 radical (unpaired) electrons. The second-order valence-electron chi connectivity index (χ2n) is 8.00. The van der Waals surface area contributed by atoms with Crippen LogP contribution in [0.4, 0.5) is 4.79 Å². The number of carbonyl (C=O) groups excluding carboxylic acids is 3. The quantitative estimate of drug-likeness (QED) is 0.656. The Morgan fingerprint density at radius 2 is 1.91 bits per heavy atom. The van der Waals surface area contributed by atoms with Gasteiger partial charge in [-0.25, -0.2) is 14.8 Å². The lowest BCUT2D eigenvalue weighted by atomic mass is 10.0. The molecule has 0 saturated carbocycles. The Morgan fingerprint density at radius 1 is 1.15 bits per heavy atom. The number of furan rings is 1. The number of hydrogen-bond donors (Lipinski definition) is 2. The van der Waals surface area contributed by atoms with Crippen molar-refractivity contribution in [3.8, 4) is 0 Å². The number of rotatable bonds is 6. The van der Waals surface area contributed by atoms with Gasteiger partial charge in [-0.3, -0.25) is 14.4 Å². The maximum atomic E-state index is 13.2. The van der Waals surface area contributed by atoms with E-state index in [9.17, 15) is 24.3 Å². The molecular weight excluding hydrogens is 430 g/mol. The molecule has 0 aliphatic carbocycles. The van der Waals surface area contributed by atoms with Crippen LogP contribution in [-0.4, -0.2) is 81.1 Å². The highest BCUT2D eigenvalue weighted by atomic mass is 16.4. The largest absolute Gasteiger partial charge is 0.481 e. The molecule has 2 aliphatic rings. The van der Waals surface area contributed by atoms with Gasteiger partial charge < -0.3 is 24.6 Å². The number of hydrazine groups is 1. The van der Waals surface area contributed by atoms with Crippen LogP contribution in [0.2, 0.25) is 0 Å². The van der Waals surface area contributed by atoms with Crippen molar-refractivity contribution in [3.05, 3.63) is 60.1 Å². The van der Waals surface area contributed by atoms with Gasteiger partial charge in [0.2, 0.25) is 11.8 Å². The number of carbonyl (C=O) groups is 4. The molecule has 2 fully saturated rings. The number of carboxylic acid groups (broad SMARTS) is 1. The molecule has 1 aromatic heterocycles. The van der Waals surface area contributed by atoms with E-state index in [0.29, 0.717) is 5.76 Å². The monoisotopic (exact) mass is 455 g/mol. The van der Waals surface area contributed by atoms with Crippen molar-refractivity contribution < 1.29 is 28.7 Å². The molecule has 0 unspecified atom stereocenters.